The van der Waals surface area contributed by atoms with Crippen LogP contribution in [0.2, 0.25) is 0 Å². The van der Waals surface area contributed by atoms with Gasteiger partial charge in [-0.3, -0.25) is 14.4 Å². The Morgan fingerprint density at radius 2 is 0.506 bits per heavy atom. The number of ether oxygens (including phenoxy) is 3. The first-order chi connectivity index (χ1) is 38.0. The molecule has 0 bridgehead atoms. The number of allylic oxidation sites excluding steroid dienone is 12. The first kappa shape index (κ1) is 73.8. The van der Waals surface area contributed by atoms with E-state index < -0.39 is 6.10 Å². The van der Waals surface area contributed by atoms with Gasteiger partial charge in [0.25, 0.3) is 0 Å². The Balaban J connectivity index is 4.06. The van der Waals surface area contributed by atoms with Crippen LogP contribution in [0.3, 0.4) is 0 Å². The first-order valence-electron chi connectivity index (χ1n) is 33.4. The van der Waals surface area contributed by atoms with E-state index in [9.17, 15) is 14.4 Å². The van der Waals surface area contributed by atoms with E-state index in [0.717, 1.165) is 89.9 Å². The van der Waals surface area contributed by atoms with Crippen LogP contribution in [0.25, 0.3) is 0 Å². The fourth-order valence-corrected chi connectivity index (χ4v) is 9.70. The monoisotopic (exact) mass is 1070 g/mol. The molecule has 0 rings (SSSR count). The molecule has 0 saturated heterocycles. The van der Waals surface area contributed by atoms with Crippen LogP contribution in [-0.2, 0) is 28.6 Å². The van der Waals surface area contributed by atoms with E-state index >= 15 is 0 Å². The fraction of sp³-hybridized carbons (Fsp3) is 0.789. The molecule has 0 fully saturated rings. The molecular weight excluding hydrogens is 949 g/mol. The van der Waals surface area contributed by atoms with Crippen molar-refractivity contribution in [2.45, 2.75) is 348 Å². The van der Waals surface area contributed by atoms with Crippen molar-refractivity contribution in [1.29, 1.82) is 0 Å². The normalized spacial score (nSPS) is 12.5. The van der Waals surface area contributed by atoms with E-state index in [1.165, 1.54) is 212 Å². The maximum Gasteiger partial charge on any atom is 0.306 e. The van der Waals surface area contributed by atoms with E-state index in [4.69, 9.17) is 14.2 Å². The molecule has 0 aromatic heterocycles. The smallest absolute Gasteiger partial charge is 0.306 e. The summed E-state index contributed by atoms with van der Waals surface area (Å²) in [5.74, 6) is -0.864. The Morgan fingerprint density at radius 1 is 0.273 bits per heavy atom. The van der Waals surface area contributed by atoms with Gasteiger partial charge in [0.1, 0.15) is 13.2 Å². The number of esters is 3. The summed E-state index contributed by atoms with van der Waals surface area (Å²) < 4.78 is 16.9. The highest BCUT2D eigenvalue weighted by Gasteiger charge is 2.19. The summed E-state index contributed by atoms with van der Waals surface area (Å²) in [5.41, 5.74) is 0. The zero-order valence-corrected chi connectivity index (χ0v) is 51.2. The van der Waals surface area contributed by atoms with Gasteiger partial charge in [0.15, 0.2) is 6.10 Å². The molecule has 1 unspecified atom stereocenters. The van der Waals surface area contributed by atoms with Gasteiger partial charge < -0.3 is 14.2 Å². The van der Waals surface area contributed by atoms with E-state index in [1.807, 2.05) is 0 Å². The minimum atomic E-state index is -0.772. The van der Waals surface area contributed by atoms with Crippen LogP contribution in [-0.4, -0.2) is 37.2 Å². The molecular formula is C71H126O6. The molecule has 6 heteroatoms. The molecule has 0 aromatic carbocycles. The summed E-state index contributed by atoms with van der Waals surface area (Å²) in [6, 6.07) is 0. The van der Waals surface area contributed by atoms with Crippen molar-refractivity contribution >= 4 is 17.9 Å². The lowest BCUT2D eigenvalue weighted by atomic mass is 10.0. The molecule has 0 aromatic rings. The van der Waals surface area contributed by atoms with Crippen molar-refractivity contribution < 1.29 is 28.6 Å². The zero-order valence-electron chi connectivity index (χ0n) is 51.2. The third kappa shape index (κ3) is 63.6. The second-order valence-corrected chi connectivity index (χ2v) is 22.4. The van der Waals surface area contributed by atoms with Crippen molar-refractivity contribution in [3.05, 3.63) is 72.9 Å². The minimum absolute atomic E-state index is 0.0720. The van der Waals surface area contributed by atoms with Crippen molar-refractivity contribution in [3.8, 4) is 0 Å². The molecule has 0 spiro atoms. The molecule has 0 saturated carbocycles. The number of carbonyl (C=O) groups excluding carboxylic acids is 3. The molecule has 77 heavy (non-hydrogen) atoms. The third-order valence-electron chi connectivity index (χ3n) is 14.7. The zero-order chi connectivity index (χ0) is 55.7. The SMILES string of the molecule is CC/C=C\C/C=C\C/C=C\C/C=C\C/C=C\CCCCCCCCCCCCCCCCCC(=O)OCC(COC(=O)CCCCCCCCC)OC(=O)CCCCCCCCCCC/C=C\CCCCCCCCCC. The first-order valence-corrected chi connectivity index (χ1v) is 33.4. The van der Waals surface area contributed by atoms with Crippen LogP contribution in [0, 0.1) is 0 Å². The van der Waals surface area contributed by atoms with Gasteiger partial charge in [0.2, 0.25) is 0 Å². The highest BCUT2D eigenvalue weighted by molar-refractivity contribution is 5.71. The average Bonchev–Trinajstić information content (AvgIpc) is 3.43. The van der Waals surface area contributed by atoms with Crippen LogP contribution in [0.5, 0.6) is 0 Å². The van der Waals surface area contributed by atoms with Gasteiger partial charge in [-0.2, -0.15) is 0 Å². The standard InChI is InChI=1S/C71H126O6/c1-4-7-10-13-16-18-20-22-24-26-28-30-31-32-33-34-35-36-37-38-39-41-42-44-46-48-50-52-55-58-61-64-70(73)76-67-68(66-75-69(72)63-60-57-54-15-12-9-6-3)77-71(74)65-62-59-56-53-51-49-47-45-43-40-29-27-25-23-21-19-17-14-11-8-5-2/h7,10,16,18,22,24,27-30,32-33,68H,4-6,8-9,11-15,17,19-21,23,25-26,31,34-67H2,1-3H3/b10-7-,18-16-,24-22-,29-27-,30-28-,33-32-. The molecule has 0 heterocycles. The Hall–Kier alpha value is -3.15. The number of rotatable bonds is 61. The molecule has 0 amide bonds. The lowest BCUT2D eigenvalue weighted by Crippen LogP contribution is -2.30. The topological polar surface area (TPSA) is 78.9 Å². The van der Waals surface area contributed by atoms with Crippen LogP contribution in [0.15, 0.2) is 72.9 Å². The second-order valence-electron chi connectivity index (χ2n) is 22.4. The van der Waals surface area contributed by atoms with Gasteiger partial charge in [-0.25, -0.2) is 0 Å². The molecule has 0 aliphatic rings. The van der Waals surface area contributed by atoms with Crippen LogP contribution >= 0.6 is 0 Å². The molecule has 1 atom stereocenters. The summed E-state index contributed by atoms with van der Waals surface area (Å²) in [5, 5.41) is 0. The summed E-state index contributed by atoms with van der Waals surface area (Å²) in [6.45, 7) is 6.52. The summed E-state index contributed by atoms with van der Waals surface area (Å²) in [4.78, 5) is 38.1. The predicted octanol–water partition coefficient (Wildman–Crippen LogP) is 22.9. The van der Waals surface area contributed by atoms with Gasteiger partial charge in [-0.05, 0) is 89.9 Å². The molecule has 0 radical (unpaired) electrons. The van der Waals surface area contributed by atoms with Crippen molar-refractivity contribution in [1.82, 2.24) is 0 Å². The van der Waals surface area contributed by atoms with Gasteiger partial charge in [-0.1, -0.05) is 306 Å². The number of unbranched alkanes of at least 4 members (excludes halogenated alkanes) is 38. The summed E-state index contributed by atoms with van der Waals surface area (Å²) in [6.07, 6.45) is 85.2. The summed E-state index contributed by atoms with van der Waals surface area (Å²) >= 11 is 0. The number of hydrogen-bond donors (Lipinski definition) is 0. The van der Waals surface area contributed by atoms with Gasteiger partial charge in [-0.15, -0.1) is 0 Å². The fourth-order valence-electron chi connectivity index (χ4n) is 9.70. The van der Waals surface area contributed by atoms with Gasteiger partial charge >= 0.3 is 17.9 Å². The summed E-state index contributed by atoms with van der Waals surface area (Å²) in [7, 11) is 0. The molecule has 6 nitrogen and oxygen atoms in total. The maximum absolute atomic E-state index is 12.9. The van der Waals surface area contributed by atoms with Gasteiger partial charge in [0, 0.05) is 19.3 Å². The van der Waals surface area contributed by atoms with Crippen LogP contribution in [0.4, 0.5) is 0 Å². The van der Waals surface area contributed by atoms with Crippen LogP contribution < -0.4 is 0 Å². The van der Waals surface area contributed by atoms with Gasteiger partial charge in [0.05, 0.1) is 0 Å². The number of carbonyl (C=O) groups is 3. The molecule has 0 aliphatic heterocycles. The van der Waals surface area contributed by atoms with Crippen molar-refractivity contribution in [3.63, 3.8) is 0 Å². The van der Waals surface area contributed by atoms with E-state index in [0.29, 0.717) is 19.3 Å². The molecule has 0 aliphatic carbocycles. The minimum Gasteiger partial charge on any atom is -0.462 e. The second kappa shape index (κ2) is 65.4. The Morgan fingerprint density at radius 3 is 0.805 bits per heavy atom. The maximum atomic E-state index is 12.9. The lowest BCUT2D eigenvalue weighted by Gasteiger charge is -2.18. The predicted molar refractivity (Wildman–Crippen MR) is 335 cm³/mol. The quantitative estimate of drug-likeness (QED) is 0.0261. The highest BCUT2D eigenvalue weighted by Crippen LogP contribution is 2.17. The lowest BCUT2D eigenvalue weighted by molar-refractivity contribution is -0.167. The van der Waals surface area contributed by atoms with E-state index in [1.54, 1.807) is 0 Å². The number of hydrogen-bond acceptors (Lipinski definition) is 6. The highest BCUT2D eigenvalue weighted by atomic mass is 16.6. The Bertz CT molecular complexity index is 1420. The van der Waals surface area contributed by atoms with Crippen molar-refractivity contribution in [2.75, 3.05) is 13.2 Å². The largest absolute Gasteiger partial charge is 0.462 e. The Labute approximate surface area is 478 Å². The Kier molecular flexibility index (Phi) is 62.7. The van der Waals surface area contributed by atoms with Crippen LogP contribution in [0.1, 0.15) is 342 Å². The van der Waals surface area contributed by atoms with E-state index in [2.05, 4.69) is 93.7 Å². The molecule has 446 valence electrons. The average molecular weight is 1080 g/mol. The van der Waals surface area contributed by atoms with Crippen molar-refractivity contribution in [2.24, 2.45) is 0 Å². The third-order valence-corrected chi connectivity index (χ3v) is 14.7. The van der Waals surface area contributed by atoms with E-state index in [-0.39, 0.29) is 31.1 Å². The molecule has 0 N–H and O–H groups in total.